The Morgan fingerprint density at radius 2 is 1.73 bits per heavy atom. The van der Waals surface area contributed by atoms with Crippen molar-refractivity contribution in [2.24, 2.45) is 23.2 Å². The fourth-order valence-corrected chi connectivity index (χ4v) is 7.77. The van der Waals surface area contributed by atoms with Crippen LogP contribution in [0.4, 0.5) is 5.69 Å². The third kappa shape index (κ3) is 5.32. The molecule has 0 radical (unpaired) electrons. The number of hydrogen-bond donors (Lipinski definition) is 3. The summed E-state index contributed by atoms with van der Waals surface area (Å²) in [7, 11) is 3.29. The van der Waals surface area contributed by atoms with Gasteiger partial charge in [-0.3, -0.25) is 4.79 Å². The molecule has 8 heteroatoms. The molecule has 1 amide bonds. The number of nitrogens with one attached hydrogen (secondary N) is 2. The number of aromatic carboxylic acids is 1. The van der Waals surface area contributed by atoms with E-state index in [0.29, 0.717) is 41.4 Å². The van der Waals surface area contributed by atoms with Crippen LogP contribution in [0.2, 0.25) is 0 Å². The molecule has 6 rings (SSSR count). The van der Waals surface area contributed by atoms with E-state index < -0.39 is 5.97 Å². The number of amides is 1. The molecule has 37 heavy (non-hydrogen) atoms. The highest BCUT2D eigenvalue weighted by molar-refractivity contribution is 6.05. The SMILES string of the molecule is COCC(COC)c1nc(C(=O)Nc2cccc(C(=O)O)c2C)c(CCC23CC4CC(CC(C4)C2)C3)[nH]1. The summed E-state index contributed by atoms with van der Waals surface area (Å²) in [6.45, 7) is 2.56. The molecule has 1 heterocycles. The van der Waals surface area contributed by atoms with Crippen molar-refractivity contribution in [3.8, 4) is 0 Å². The molecule has 0 unspecified atom stereocenters. The molecule has 1 aromatic carbocycles. The molecule has 4 aliphatic carbocycles. The highest BCUT2D eigenvalue weighted by Gasteiger charge is 2.50. The minimum absolute atomic E-state index is 0.119. The molecule has 2 aromatic rings. The zero-order valence-electron chi connectivity index (χ0n) is 22.1. The minimum Gasteiger partial charge on any atom is -0.478 e. The van der Waals surface area contributed by atoms with Gasteiger partial charge in [0.15, 0.2) is 0 Å². The van der Waals surface area contributed by atoms with Crippen LogP contribution in [-0.4, -0.2) is 54.4 Å². The molecule has 0 atom stereocenters. The Morgan fingerprint density at radius 3 is 2.30 bits per heavy atom. The highest BCUT2D eigenvalue weighted by Crippen LogP contribution is 2.61. The maximum absolute atomic E-state index is 13.5. The Bertz CT molecular complexity index is 1120. The van der Waals surface area contributed by atoms with Crippen LogP contribution in [0.1, 0.15) is 88.8 Å². The zero-order valence-corrected chi connectivity index (χ0v) is 22.1. The van der Waals surface area contributed by atoms with Crippen LogP contribution in [-0.2, 0) is 15.9 Å². The molecule has 1 aromatic heterocycles. The van der Waals surface area contributed by atoms with Crippen LogP contribution in [0, 0.1) is 30.1 Å². The van der Waals surface area contributed by atoms with E-state index >= 15 is 0 Å². The summed E-state index contributed by atoms with van der Waals surface area (Å²) >= 11 is 0. The molecule has 3 N–H and O–H groups in total. The number of carboxylic acids is 1. The lowest BCUT2D eigenvalue weighted by molar-refractivity contribution is -0.0570. The van der Waals surface area contributed by atoms with Crippen molar-refractivity contribution in [2.45, 2.75) is 64.2 Å². The van der Waals surface area contributed by atoms with Gasteiger partial charge in [0.2, 0.25) is 0 Å². The third-order valence-corrected chi connectivity index (χ3v) is 9.02. The number of aromatic amines is 1. The summed E-state index contributed by atoms with van der Waals surface area (Å²) in [5.74, 6) is 1.85. The van der Waals surface area contributed by atoms with Crippen molar-refractivity contribution in [1.82, 2.24) is 9.97 Å². The number of methoxy groups -OCH3 is 2. The predicted octanol–water partition coefficient (Wildman–Crippen LogP) is 5.19. The van der Waals surface area contributed by atoms with E-state index in [4.69, 9.17) is 14.5 Å². The second-order valence-corrected chi connectivity index (χ2v) is 11.7. The monoisotopic (exact) mass is 509 g/mol. The van der Waals surface area contributed by atoms with Crippen molar-refractivity contribution in [3.63, 3.8) is 0 Å². The van der Waals surface area contributed by atoms with Crippen LogP contribution in [0.25, 0.3) is 0 Å². The van der Waals surface area contributed by atoms with E-state index in [1.807, 2.05) is 0 Å². The maximum atomic E-state index is 13.5. The summed E-state index contributed by atoms with van der Waals surface area (Å²) in [4.78, 5) is 33.3. The number of imidazole rings is 1. The molecule has 4 fully saturated rings. The Balaban J connectivity index is 1.41. The number of aryl methyl sites for hydroxylation is 1. The summed E-state index contributed by atoms with van der Waals surface area (Å²) in [5.41, 5.74) is 2.77. The average Bonchev–Trinajstić information content (AvgIpc) is 3.27. The Hall–Kier alpha value is -2.71. The second-order valence-electron chi connectivity index (χ2n) is 11.7. The number of carbonyl (C=O) groups excluding carboxylic acids is 1. The van der Waals surface area contributed by atoms with Gasteiger partial charge in [0, 0.05) is 25.6 Å². The van der Waals surface area contributed by atoms with Crippen molar-refractivity contribution in [3.05, 3.63) is 46.5 Å². The van der Waals surface area contributed by atoms with Gasteiger partial charge < -0.3 is 24.9 Å². The first-order valence-corrected chi connectivity index (χ1v) is 13.5. The molecule has 0 spiro atoms. The van der Waals surface area contributed by atoms with Crippen molar-refractivity contribution in [1.29, 1.82) is 0 Å². The van der Waals surface area contributed by atoms with Gasteiger partial charge in [-0.05, 0) is 99.2 Å². The van der Waals surface area contributed by atoms with E-state index in [-0.39, 0.29) is 17.4 Å². The largest absolute Gasteiger partial charge is 0.478 e. The number of benzene rings is 1. The molecule has 4 saturated carbocycles. The van der Waals surface area contributed by atoms with Crippen LogP contribution >= 0.6 is 0 Å². The number of H-pyrrole nitrogens is 1. The van der Waals surface area contributed by atoms with Crippen LogP contribution in [0.5, 0.6) is 0 Å². The number of hydrogen-bond acceptors (Lipinski definition) is 5. The normalized spacial score (nSPS) is 26.1. The van der Waals surface area contributed by atoms with Gasteiger partial charge in [-0.25, -0.2) is 9.78 Å². The van der Waals surface area contributed by atoms with E-state index in [2.05, 4.69) is 10.3 Å². The summed E-state index contributed by atoms with van der Waals surface area (Å²) < 4.78 is 10.8. The molecule has 8 nitrogen and oxygen atoms in total. The lowest BCUT2D eigenvalue weighted by atomic mass is 9.48. The van der Waals surface area contributed by atoms with Gasteiger partial charge in [-0.2, -0.15) is 0 Å². The van der Waals surface area contributed by atoms with Gasteiger partial charge >= 0.3 is 5.97 Å². The second kappa shape index (κ2) is 10.6. The number of ether oxygens (including phenoxy) is 2. The minimum atomic E-state index is -1.02. The highest BCUT2D eigenvalue weighted by atomic mass is 16.5. The third-order valence-electron chi connectivity index (χ3n) is 9.02. The van der Waals surface area contributed by atoms with Crippen LogP contribution in [0.3, 0.4) is 0 Å². The van der Waals surface area contributed by atoms with E-state index in [1.54, 1.807) is 33.3 Å². The first-order chi connectivity index (χ1) is 17.8. The maximum Gasteiger partial charge on any atom is 0.336 e. The van der Waals surface area contributed by atoms with E-state index in [1.165, 1.54) is 44.6 Å². The van der Waals surface area contributed by atoms with Gasteiger partial charge in [0.1, 0.15) is 11.5 Å². The molecule has 4 aliphatic rings. The number of rotatable bonds is 11. The Labute approximate surface area is 218 Å². The van der Waals surface area contributed by atoms with Crippen LogP contribution in [0.15, 0.2) is 18.2 Å². The van der Waals surface area contributed by atoms with Crippen molar-refractivity contribution >= 4 is 17.6 Å². The van der Waals surface area contributed by atoms with Gasteiger partial charge in [-0.1, -0.05) is 6.07 Å². The topological polar surface area (TPSA) is 114 Å². The van der Waals surface area contributed by atoms with Gasteiger partial charge in [0.25, 0.3) is 5.91 Å². The predicted molar refractivity (Wildman–Crippen MR) is 140 cm³/mol. The standard InChI is InChI=1S/C29H39N3O5/c1-17-22(28(34)35)5-4-6-23(17)31-27(33)25-24(30-26(32-25)21(15-36-2)16-37-3)7-8-29-12-18-9-19(13-29)11-20(10-18)14-29/h4-6,18-21H,7-16H2,1-3H3,(H,30,32)(H,31,33)(H,34,35). The number of carbonyl (C=O) groups is 2. The molecular weight excluding hydrogens is 470 g/mol. The van der Waals surface area contributed by atoms with Crippen molar-refractivity contribution in [2.75, 3.05) is 32.8 Å². The fraction of sp³-hybridized carbons (Fsp3) is 0.621. The number of anilines is 1. The lowest BCUT2D eigenvalue weighted by Crippen LogP contribution is -2.46. The zero-order chi connectivity index (χ0) is 26.2. The first kappa shape index (κ1) is 25.9. The first-order valence-electron chi connectivity index (χ1n) is 13.5. The summed E-state index contributed by atoms with van der Waals surface area (Å²) in [6.07, 6.45) is 10.0. The smallest absolute Gasteiger partial charge is 0.336 e. The van der Waals surface area contributed by atoms with Gasteiger partial charge in [-0.15, -0.1) is 0 Å². The van der Waals surface area contributed by atoms with E-state index in [0.717, 1.165) is 36.3 Å². The quantitative estimate of drug-likeness (QED) is 0.384. The number of nitrogens with zero attached hydrogens (tertiary/aromatic N) is 1. The molecule has 4 bridgehead atoms. The van der Waals surface area contributed by atoms with Crippen molar-refractivity contribution < 1.29 is 24.2 Å². The number of aromatic nitrogens is 2. The fourth-order valence-electron chi connectivity index (χ4n) is 7.77. The summed E-state index contributed by atoms with van der Waals surface area (Å²) in [5, 5.41) is 12.4. The van der Waals surface area contributed by atoms with Gasteiger partial charge in [0.05, 0.1) is 24.7 Å². The molecule has 0 aliphatic heterocycles. The van der Waals surface area contributed by atoms with E-state index in [9.17, 15) is 14.7 Å². The Morgan fingerprint density at radius 1 is 1.11 bits per heavy atom. The van der Waals surface area contributed by atoms with Crippen LogP contribution < -0.4 is 5.32 Å². The molecular formula is C29H39N3O5. The molecule has 0 saturated heterocycles. The molecule has 200 valence electrons. The lowest BCUT2D eigenvalue weighted by Gasteiger charge is -2.57. The Kier molecular flexibility index (Phi) is 7.41. The average molecular weight is 510 g/mol. The summed E-state index contributed by atoms with van der Waals surface area (Å²) in [6, 6.07) is 4.90. The number of carboxylic acid groups (broad SMARTS) is 1.